The van der Waals surface area contributed by atoms with Gasteiger partial charge in [0, 0.05) is 0 Å². The molecule has 0 aliphatic heterocycles. The van der Waals surface area contributed by atoms with Crippen LogP contribution in [0.15, 0.2) is 0 Å². The molecule has 1 atom stereocenters. The fourth-order valence-corrected chi connectivity index (χ4v) is 8.15. The van der Waals surface area contributed by atoms with Crippen LogP contribution in [0.4, 0.5) is 0 Å². The number of hydrogen-bond acceptors (Lipinski definition) is 3. The molecule has 1 N–H and O–H groups in total. The maximum absolute atomic E-state index is 3.65. The van der Waals surface area contributed by atoms with Gasteiger partial charge in [0.25, 0.3) is 8.56 Å². The van der Waals surface area contributed by atoms with Crippen molar-refractivity contribution >= 4 is 8.56 Å². The highest BCUT2D eigenvalue weighted by atomic mass is 28.4. The van der Waals surface area contributed by atoms with Gasteiger partial charge in [0.1, 0.15) is 0 Å². The van der Waals surface area contributed by atoms with Crippen molar-refractivity contribution < 1.29 is 0 Å². The molecule has 0 fully saturated rings. The first-order valence-electron chi connectivity index (χ1n) is 5.89. The van der Waals surface area contributed by atoms with Crippen LogP contribution >= 0.6 is 0 Å². The predicted octanol–water partition coefficient (Wildman–Crippen LogP) is 1.85. The predicted molar refractivity (Wildman–Crippen MR) is 71.1 cm³/mol. The summed E-state index contributed by atoms with van der Waals surface area (Å²) in [5.74, 6) is 0. The highest BCUT2D eigenvalue weighted by molar-refractivity contribution is 6.74. The smallest absolute Gasteiger partial charge is 0.291 e. The molecule has 1 unspecified atom stereocenters. The summed E-state index contributed by atoms with van der Waals surface area (Å²) in [6.45, 7) is 13.7. The Kier molecular flexibility index (Phi) is 5.47. The fraction of sp³-hybridized carbons (Fsp3) is 1.00. The molecule has 0 bridgehead atoms. The molecular formula is C11H29N3Si. The third kappa shape index (κ3) is 2.61. The summed E-state index contributed by atoms with van der Waals surface area (Å²) in [6, 6.07) is 0. The Morgan fingerprint density at radius 3 is 1.53 bits per heavy atom. The van der Waals surface area contributed by atoms with Gasteiger partial charge in [-0.15, -0.1) is 0 Å². The first-order chi connectivity index (χ1) is 6.77. The maximum atomic E-state index is 3.65. The van der Waals surface area contributed by atoms with E-state index in [1.54, 1.807) is 0 Å². The van der Waals surface area contributed by atoms with Crippen molar-refractivity contribution in [1.82, 2.24) is 14.1 Å². The van der Waals surface area contributed by atoms with Crippen molar-refractivity contribution in [1.29, 1.82) is 0 Å². The highest BCUT2D eigenvalue weighted by Crippen LogP contribution is 2.37. The van der Waals surface area contributed by atoms with Gasteiger partial charge in [0.15, 0.2) is 0 Å². The van der Waals surface area contributed by atoms with Crippen molar-refractivity contribution in [3.8, 4) is 0 Å². The largest absolute Gasteiger partial charge is 0.315 e. The summed E-state index contributed by atoms with van der Waals surface area (Å²) in [7, 11) is 4.75. The summed E-state index contributed by atoms with van der Waals surface area (Å²) in [5, 5.41) is 0.289. The molecule has 92 valence electrons. The Hall–Kier alpha value is 0.0969. The van der Waals surface area contributed by atoms with Crippen molar-refractivity contribution in [3.63, 3.8) is 0 Å². The molecule has 3 nitrogen and oxygen atoms in total. The average Bonchev–Trinajstić information content (AvgIpc) is 2.10. The maximum Gasteiger partial charge on any atom is 0.291 e. The standard InChI is InChI=1S/C11H29N3Si/c1-9-14(10-2)15(12-6,13(7)8)11(3,4)5/h12H,9-10H2,1-8H3. The molecule has 0 aromatic carbocycles. The van der Waals surface area contributed by atoms with Crippen LogP contribution in [-0.4, -0.2) is 51.9 Å². The van der Waals surface area contributed by atoms with Gasteiger partial charge in [-0.3, -0.25) is 4.57 Å². The highest BCUT2D eigenvalue weighted by Gasteiger charge is 2.50. The quantitative estimate of drug-likeness (QED) is 0.729. The summed E-state index contributed by atoms with van der Waals surface area (Å²) in [4.78, 5) is 3.65. The topological polar surface area (TPSA) is 18.5 Å². The van der Waals surface area contributed by atoms with Crippen molar-refractivity contribution in [2.75, 3.05) is 34.2 Å². The van der Waals surface area contributed by atoms with Crippen LogP contribution in [0.3, 0.4) is 0 Å². The zero-order chi connectivity index (χ0) is 12.3. The third-order valence-corrected chi connectivity index (χ3v) is 8.89. The van der Waals surface area contributed by atoms with Crippen molar-refractivity contribution in [2.24, 2.45) is 0 Å². The summed E-state index contributed by atoms with van der Waals surface area (Å²) >= 11 is 0. The lowest BCUT2D eigenvalue weighted by Crippen LogP contribution is -2.76. The SMILES string of the molecule is CCN(CC)[Si](NC)(N(C)C)C(C)(C)C. The summed E-state index contributed by atoms with van der Waals surface area (Å²) in [5.41, 5.74) is 0. The van der Waals surface area contributed by atoms with Crippen LogP contribution in [0.5, 0.6) is 0 Å². The van der Waals surface area contributed by atoms with Gasteiger partial charge in [0.2, 0.25) is 0 Å². The van der Waals surface area contributed by atoms with E-state index in [4.69, 9.17) is 0 Å². The Morgan fingerprint density at radius 2 is 1.47 bits per heavy atom. The normalized spacial score (nSPS) is 17.2. The Labute approximate surface area is 97.1 Å². The molecule has 0 heterocycles. The van der Waals surface area contributed by atoms with Gasteiger partial charge >= 0.3 is 0 Å². The lowest BCUT2D eigenvalue weighted by molar-refractivity contribution is 0.346. The molecule has 0 aromatic rings. The van der Waals surface area contributed by atoms with Crippen LogP contribution in [0.2, 0.25) is 5.04 Å². The van der Waals surface area contributed by atoms with Crippen LogP contribution in [0.25, 0.3) is 0 Å². The lowest BCUT2D eigenvalue weighted by Gasteiger charge is -2.52. The molecule has 4 heteroatoms. The van der Waals surface area contributed by atoms with Crippen molar-refractivity contribution in [3.05, 3.63) is 0 Å². The fourth-order valence-electron chi connectivity index (χ4n) is 2.87. The summed E-state index contributed by atoms with van der Waals surface area (Å²) in [6.07, 6.45) is 0. The van der Waals surface area contributed by atoms with E-state index in [-0.39, 0.29) is 5.04 Å². The Balaban J connectivity index is 5.33. The Bertz CT molecular complexity index is 185. The zero-order valence-electron chi connectivity index (χ0n) is 11.8. The van der Waals surface area contributed by atoms with E-state index >= 15 is 0 Å². The molecule has 0 saturated carbocycles. The second kappa shape index (κ2) is 5.43. The molecule has 0 radical (unpaired) electrons. The molecule has 0 saturated heterocycles. The van der Waals surface area contributed by atoms with E-state index < -0.39 is 8.56 Å². The van der Waals surface area contributed by atoms with Gasteiger partial charge in [-0.1, -0.05) is 34.6 Å². The number of hydrogen-bond donors (Lipinski definition) is 1. The first-order valence-corrected chi connectivity index (χ1v) is 7.78. The van der Waals surface area contributed by atoms with E-state index in [2.05, 4.69) is 69.9 Å². The number of rotatable bonds is 5. The van der Waals surface area contributed by atoms with Gasteiger partial charge in [-0.25, -0.2) is 0 Å². The van der Waals surface area contributed by atoms with Gasteiger partial charge in [0.05, 0.1) is 0 Å². The minimum Gasteiger partial charge on any atom is -0.315 e. The second-order valence-corrected chi connectivity index (χ2v) is 10.1. The van der Waals surface area contributed by atoms with E-state index in [0.29, 0.717) is 0 Å². The van der Waals surface area contributed by atoms with Gasteiger partial charge in [-0.05, 0) is 39.3 Å². The third-order valence-electron chi connectivity index (χ3n) is 3.26. The average molecular weight is 231 g/mol. The van der Waals surface area contributed by atoms with Gasteiger partial charge in [-0.2, -0.15) is 0 Å². The van der Waals surface area contributed by atoms with Crippen LogP contribution in [0.1, 0.15) is 34.6 Å². The molecular weight excluding hydrogens is 202 g/mol. The Morgan fingerprint density at radius 1 is 1.07 bits per heavy atom. The molecule has 15 heavy (non-hydrogen) atoms. The molecule has 0 aliphatic carbocycles. The zero-order valence-corrected chi connectivity index (χ0v) is 12.8. The second-order valence-electron chi connectivity index (χ2n) is 5.24. The summed E-state index contributed by atoms with van der Waals surface area (Å²) < 4.78 is 5.02. The lowest BCUT2D eigenvalue weighted by atomic mass is 10.2. The molecule has 0 spiro atoms. The first kappa shape index (κ1) is 15.1. The minimum atomic E-state index is -1.76. The van der Waals surface area contributed by atoms with Crippen LogP contribution in [0, 0.1) is 0 Å². The van der Waals surface area contributed by atoms with Crippen LogP contribution < -0.4 is 4.98 Å². The number of nitrogens with zero attached hydrogens (tertiary/aromatic N) is 2. The molecule has 0 amide bonds. The van der Waals surface area contributed by atoms with Gasteiger partial charge < -0.3 is 9.55 Å². The minimum absolute atomic E-state index is 0.289. The molecule has 0 aromatic heterocycles. The van der Waals surface area contributed by atoms with E-state index in [0.717, 1.165) is 13.1 Å². The molecule has 0 aliphatic rings. The van der Waals surface area contributed by atoms with E-state index in [9.17, 15) is 0 Å². The van der Waals surface area contributed by atoms with E-state index in [1.165, 1.54) is 0 Å². The molecule has 0 rings (SSSR count). The van der Waals surface area contributed by atoms with E-state index in [1.807, 2.05) is 0 Å². The van der Waals surface area contributed by atoms with Crippen molar-refractivity contribution in [2.45, 2.75) is 39.7 Å². The van der Waals surface area contributed by atoms with Crippen LogP contribution in [-0.2, 0) is 0 Å². The monoisotopic (exact) mass is 231 g/mol. The number of nitrogens with one attached hydrogen (secondary N) is 1.